The number of rotatable bonds is 4. The molecule has 0 atom stereocenters. The van der Waals surface area contributed by atoms with E-state index in [9.17, 15) is 4.79 Å². The van der Waals surface area contributed by atoms with Crippen LogP contribution in [-0.2, 0) is 4.79 Å². The summed E-state index contributed by atoms with van der Waals surface area (Å²) in [6.45, 7) is 0. The van der Waals surface area contributed by atoms with Crippen molar-refractivity contribution >= 4 is 51.4 Å². The van der Waals surface area contributed by atoms with Crippen molar-refractivity contribution in [3.8, 4) is 0 Å². The number of hydrogen-bond acceptors (Lipinski definition) is 4. The lowest BCUT2D eigenvalue weighted by Gasteiger charge is -2.20. The van der Waals surface area contributed by atoms with E-state index in [4.69, 9.17) is 17.0 Å². The Morgan fingerprint density at radius 3 is 2.70 bits per heavy atom. The van der Waals surface area contributed by atoms with E-state index in [1.54, 1.807) is 18.2 Å². The molecule has 2 aliphatic heterocycles. The lowest BCUT2D eigenvalue weighted by Crippen LogP contribution is -2.35. The molecular weight excluding hydrogens is 380 g/mol. The Morgan fingerprint density at radius 1 is 1.22 bits per heavy atom. The van der Waals surface area contributed by atoms with Gasteiger partial charge in [-0.2, -0.15) is 15.1 Å². The molecule has 0 unspecified atom stereocenters. The monoisotopic (exact) mass is 400 g/mol. The molecule has 1 amide bonds. The van der Waals surface area contributed by atoms with Gasteiger partial charge in [-0.3, -0.25) is 10.2 Å². The number of fused-ring (bicyclic) bond motifs is 1. The topological polar surface area (TPSA) is 68.9 Å². The molecule has 1 saturated carbocycles. The highest BCUT2D eigenvalue weighted by Gasteiger charge is 2.35. The number of thioether (sulfide) groups is 1. The lowest BCUT2D eigenvalue weighted by molar-refractivity contribution is -0.114. The second-order valence-corrected chi connectivity index (χ2v) is 8.58. The van der Waals surface area contributed by atoms with E-state index >= 15 is 0 Å². The molecule has 27 heavy (non-hydrogen) atoms. The SMILES string of the molecule is N=C1C(=Cc2ccc(Cl)cc2)C(=O)N=C2SC(CCC3CCCCC3)=NN12. The molecular formula is C20H21ClN4OS. The Hall–Kier alpha value is -1.92. The van der Waals surface area contributed by atoms with Gasteiger partial charge in [-0.05, 0) is 54.3 Å². The number of hydrogen-bond donors (Lipinski definition) is 1. The van der Waals surface area contributed by atoms with E-state index < -0.39 is 5.91 Å². The number of aliphatic imine (C=N–C) groups is 1. The summed E-state index contributed by atoms with van der Waals surface area (Å²) < 4.78 is 0. The first-order valence-electron chi connectivity index (χ1n) is 9.35. The van der Waals surface area contributed by atoms with Crippen LogP contribution < -0.4 is 0 Å². The van der Waals surface area contributed by atoms with Crippen LogP contribution in [0.2, 0.25) is 5.02 Å². The Balaban J connectivity index is 1.48. The van der Waals surface area contributed by atoms with E-state index in [1.165, 1.54) is 48.9 Å². The molecule has 140 valence electrons. The van der Waals surface area contributed by atoms with Crippen molar-refractivity contribution in [2.24, 2.45) is 16.0 Å². The van der Waals surface area contributed by atoms with Gasteiger partial charge in [-0.15, -0.1) is 0 Å². The van der Waals surface area contributed by atoms with Gasteiger partial charge in [0.25, 0.3) is 5.91 Å². The summed E-state index contributed by atoms with van der Waals surface area (Å²) in [7, 11) is 0. The summed E-state index contributed by atoms with van der Waals surface area (Å²) in [5, 5.41) is 16.5. The van der Waals surface area contributed by atoms with E-state index in [0.29, 0.717) is 10.2 Å². The number of hydrazone groups is 1. The van der Waals surface area contributed by atoms with Gasteiger partial charge in [0, 0.05) is 5.02 Å². The molecule has 3 aliphatic rings. The van der Waals surface area contributed by atoms with Gasteiger partial charge in [0.1, 0.15) is 5.04 Å². The number of carbonyl (C=O) groups excluding carboxylic acids is 1. The van der Waals surface area contributed by atoms with Crippen LogP contribution >= 0.6 is 23.4 Å². The molecule has 2 heterocycles. The molecule has 1 aromatic rings. The van der Waals surface area contributed by atoms with Crippen LogP contribution in [0, 0.1) is 11.3 Å². The third-order valence-corrected chi connectivity index (χ3v) is 6.39. The van der Waals surface area contributed by atoms with Crippen molar-refractivity contribution in [2.75, 3.05) is 0 Å². The Morgan fingerprint density at radius 2 is 1.96 bits per heavy atom. The summed E-state index contributed by atoms with van der Waals surface area (Å²) in [5.41, 5.74) is 1.05. The second kappa shape index (κ2) is 7.98. The first-order chi connectivity index (χ1) is 13.1. The van der Waals surface area contributed by atoms with Gasteiger partial charge in [0.05, 0.1) is 5.57 Å². The van der Waals surface area contributed by atoms with Crippen molar-refractivity contribution in [3.05, 3.63) is 40.4 Å². The average Bonchev–Trinajstić information content (AvgIpc) is 3.09. The van der Waals surface area contributed by atoms with Crippen LogP contribution in [0.1, 0.15) is 50.5 Å². The average molecular weight is 401 g/mol. The van der Waals surface area contributed by atoms with E-state index in [0.717, 1.165) is 29.4 Å². The first-order valence-corrected chi connectivity index (χ1v) is 10.5. The highest BCUT2D eigenvalue weighted by atomic mass is 35.5. The molecule has 1 aromatic carbocycles. The zero-order valence-electron chi connectivity index (χ0n) is 14.9. The third kappa shape index (κ3) is 4.17. The summed E-state index contributed by atoms with van der Waals surface area (Å²) in [4.78, 5) is 16.6. The number of carbonyl (C=O) groups is 1. The zero-order valence-corrected chi connectivity index (χ0v) is 16.5. The standard InChI is InChI=1S/C20H21ClN4OS/c21-15-9-6-14(7-10-15)12-16-18(22)25-20(23-19(16)26)27-17(24-25)11-8-13-4-2-1-3-5-13/h6-7,9-10,12-13,22H,1-5,8,11H2. The molecule has 4 rings (SSSR count). The molecule has 0 bridgehead atoms. The number of nitrogens with one attached hydrogen (secondary N) is 1. The fraction of sp³-hybridized carbons (Fsp3) is 0.400. The molecule has 0 spiro atoms. The van der Waals surface area contributed by atoms with Crippen LogP contribution in [0.3, 0.4) is 0 Å². The molecule has 5 nitrogen and oxygen atoms in total. The predicted octanol–water partition coefficient (Wildman–Crippen LogP) is 5.32. The molecule has 1 fully saturated rings. The normalized spacial score (nSPS) is 22.1. The predicted molar refractivity (Wildman–Crippen MR) is 112 cm³/mol. The van der Waals surface area contributed by atoms with Gasteiger partial charge in [0.15, 0.2) is 5.84 Å². The molecule has 0 aromatic heterocycles. The third-order valence-electron chi connectivity index (χ3n) is 5.17. The highest BCUT2D eigenvalue weighted by Crippen LogP contribution is 2.33. The molecule has 0 radical (unpaired) electrons. The number of benzene rings is 1. The van der Waals surface area contributed by atoms with Crippen LogP contribution in [0.25, 0.3) is 6.08 Å². The largest absolute Gasteiger partial charge is 0.283 e. The molecule has 1 N–H and O–H groups in total. The molecule has 0 saturated heterocycles. The minimum absolute atomic E-state index is 0.0834. The summed E-state index contributed by atoms with van der Waals surface area (Å²) in [5.74, 6) is 0.473. The molecule has 1 aliphatic carbocycles. The van der Waals surface area contributed by atoms with E-state index in [1.807, 2.05) is 12.1 Å². The van der Waals surface area contributed by atoms with E-state index in [-0.39, 0.29) is 11.4 Å². The van der Waals surface area contributed by atoms with E-state index in [2.05, 4.69) is 10.1 Å². The maximum absolute atomic E-state index is 12.4. The second-order valence-electron chi connectivity index (χ2n) is 7.11. The fourth-order valence-electron chi connectivity index (χ4n) is 3.66. The van der Waals surface area contributed by atoms with Gasteiger partial charge in [-0.25, -0.2) is 0 Å². The number of nitrogens with zero attached hydrogens (tertiary/aromatic N) is 3. The van der Waals surface area contributed by atoms with Crippen molar-refractivity contribution in [1.82, 2.24) is 5.01 Å². The van der Waals surface area contributed by atoms with Crippen LogP contribution in [0.4, 0.5) is 0 Å². The number of amidine groups is 2. The maximum Gasteiger partial charge on any atom is 0.283 e. The van der Waals surface area contributed by atoms with Gasteiger partial charge in [0.2, 0.25) is 5.17 Å². The first kappa shape index (κ1) is 18.4. The minimum atomic E-state index is -0.391. The van der Waals surface area contributed by atoms with Crippen molar-refractivity contribution in [3.63, 3.8) is 0 Å². The Kier molecular flexibility index (Phi) is 5.45. The van der Waals surface area contributed by atoms with Crippen molar-refractivity contribution in [1.29, 1.82) is 5.41 Å². The number of amides is 1. The summed E-state index contributed by atoms with van der Waals surface area (Å²) in [6.07, 6.45) is 10.3. The van der Waals surface area contributed by atoms with Crippen molar-refractivity contribution in [2.45, 2.75) is 44.9 Å². The van der Waals surface area contributed by atoms with Gasteiger partial charge >= 0.3 is 0 Å². The Bertz CT molecular complexity index is 853. The fourth-order valence-corrected chi connectivity index (χ4v) is 4.69. The van der Waals surface area contributed by atoms with Crippen LogP contribution in [-0.4, -0.2) is 27.0 Å². The Labute approximate surface area is 168 Å². The summed E-state index contributed by atoms with van der Waals surface area (Å²) in [6, 6.07) is 7.14. The van der Waals surface area contributed by atoms with Crippen LogP contribution in [0.15, 0.2) is 39.9 Å². The summed E-state index contributed by atoms with van der Waals surface area (Å²) >= 11 is 7.33. The van der Waals surface area contributed by atoms with Crippen LogP contribution in [0.5, 0.6) is 0 Å². The van der Waals surface area contributed by atoms with Crippen molar-refractivity contribution < 1.29 is 4.79 Å². The number of halogens is 1. The van der Waals surface area contributed by atoms with Gasteiger partial charge in [-0.1, -0.05) is 55.8 Å². The minimum Gasteiger partial charge on any atom is -0.282 e. The zero-order chi connectivity index (χ0) is 18.8. The lowest BCUT2D eigenvalue weighted by atomic mass is 9.86. The maximum atomic E-state index is 12.4. The highest BCUT2D eigenvalue weighted by molar-refractivity contribution is 8.26. The van der Waals surface area contributed by atoms with Gasteiger partial charge < -0.3 is 0 Å². The quantitative estimate of drug-likeness (QED) is 0.695. The molecule has 7 heteroatoms. The smallest absolute Gasteiger partial charge is 0.282 e.